The van der Waals surface area contributed by atoms with E-state index < -0.39 is 11.6 Å². The van der Waals surface area contributed by atoms with E-state index in [1.165, 1.54) is 12.1 Å². The Hall–Kier alpha value is -0.960. The van der Waals surface area contributed by atoms with Crippen LogP contribution in [0.15, 0.2) is 18.2 Å². The van der Waals surface area contributed by atoms with Crippen LogP contribution >= 0.6 is 0 Å². The summed E-state index contributed by atoms with van der Waals surface area (Å²) >= 11 is 0. The van der Waals surface area contributed by atoms with Gasteiger partial charge in [0.25, 0.3) is 0 Å². The SMILES string of the molecule is OCCC1CCC(c2cc(F)cc(F)c2)CC1. The van der Waals surface area contributed by atoms with Crippen molar-refractivity contribution in [2.45, 2.75) is 38.0 Å². The van der Waals surface area contributed by atoms with Crippen molar-refractivity contribution in [3.05, 3.63) is 35.4 Å². The van der Waals surface area contributed by atoms with Crippen LogP contribution in [0.4, 0.5) is 8.78 Å². The molecular formula is C14H18F2O. The Morgan fingerprint density at radius 3 is 2.12 bits per heavy atom. The first kappa shape index (κ1) is 12.5. The van der Waals surface area contributed by atoms with E-state index in [2.05, 4.69) is 0 Å². The molecule has 1 saturated carbocycles. The van der Waals surface area contributed by atoms with Crippen molar-refractivity contribution in [1.82, 2.24) is 0 Å². The van der Waals surface area contributed by atoms with Gasteiger partial charge in [-0.15, -0.1) is 0 Å². The van der Waals surface area contributed by atoms with Gasteiger partial charge in [-0.1, -0.05) is 0 Å². The van der Waals surface area contributed by atoms with Gasteiger partial charge in [-0.3, -0.25) is 0 Å². The van der Waals surface area contributed by atoms with Gasteiger partial charge in [0, 0.05) is 12.7 Å². The third-order valence-electron chi connectivity index (χ3n) is 3.74. The van der Waals surface area contributed by atoms with Crippen molar-refractivity contribution in [2.75, 3.05) is 6.61 Å². The number of hydrogen-bond acceptors (Lipinski definition) is 1. The molecule has 94 valence electrons. The van der Waals surface area contributed by atoms with Crippen LogP contribution in [0.3, 0.4) is 0 Å². The van der Waals surface area contributed by atoms with Crippen LogP contribution in [0.2, 0.25) is 0 Å². The number of aliphatic hydroxyl groups is 1. The summed E-state index contributed by atoms with van der Waals surface area (Å²) in [4.78, 5) is 0. The quantitative estimate of drug-likeness (QED) is 0.855. The first-order valence-corrected chi connectivity index (χ1v) is 6.26. The minimum absolute atomic E-state index is 0.240. The molecule has 1 aliphatic rings. The predicted molar refractivity (Wildman–Crippen MR) is 62.8 cm³/mol. The molecule has 0 bridgehead atoms. The zero-order chi connectivity index (χ0) is 12.3. The van der Waals surface area contributed by atoms with Gasteiger partial charge >= 0.3 is 0 Å². The maximum Gasteiger partial charge on any atom is 0.126 e. The molecule has 1 aromatic carbocycles. The lowest BCUT2D eigenvalue weighted by Crippen LogP contribution is -2.14. The first-order chi connectivity index (χ1) is 8.19. The Morgan fingerprint density at radius 2 is 1.59 bits per heavy atom. The molecule has 3 heteroatoms. The fourth-order valence-corrected chi connectivity index (χ4v) is 2.78. The normalized spacial score (nSPS) is 24.9. The van der Waals surface area contributed by atoms with E-state index in [9.17, 15) is 8.78 Å². The second-order valence-electron chi connectivity index (χ2n) is 4.93. The lowest BCUT2D eigenvalue weighted by atomic mass is 9.77. The Bertz CT molecular complexity index is 350. The molecule has 1 aliphatic carbocycles. The van der Waals surface area contributed by atoms with Crippen molar-refractivity contribution in [3.8, 4) is 0 Å². The zero-order valence-corrected chi connectivity index (χ0v) is 9.83. The molecule has 0 unspecified atom stereocenters. The maximum absolute atomic E-state index is 13.1. The molecule has 1 fully saturated rings. The summed E-state index contributed by atoms with van der Waals surface area (Å²) in [5.74, 6) is -0.125. The van der Waals surface area contributed by atoms with Gasteiger partial charge < -0.3 is 5.11 Å². The van der Waals surface area contributed by atoms with Crippen LogP contribution < -0.4 is 0 Å². The van der Waals surface area contributed by atoms with E-state index in [1.807, 2.05) is 0 Å². The minimum atomic E-state index is -0.488. The third kappa shape index (κ3) is 3.25. The van der Waals surface area contributed by atoms with Crippen LogP contribution in [-0.4, -0.2) is 11.7 Å². The highest BCUT2D eigenvalue weighted by atomic mass is 19.1. The third-order valence-corrected chi connectivity index (χ3v) is 3.74. The Kier molecular flexibility index (Phi) is 4.11. The van der Waals surface area contributed by atoms with Gasteiger partial charge in [-0.25, -0.2) is 8.78 Å². The largest absolute Gasteiger partial charge is 0.396 e. The Balaban J connectivity index is 2.00. The van der Waals surface area contributed by atoms with E-state index in [-0.39, 0.29) is 12.5 Å². The average Bonchev–Trinajstić information content (AvgIpc) is 2.29. The highest BCUT2D eigenvalue weighted by Crippen LogP contribution is 2.37. The lowest BCUT2D eigenvalue weighted by molar-refractivity contribution is 0.222. The summed E-state index contributed by atoms with van der Waals surface area (Å²) in [6, 6.07) is 3.81. The van der Waals surface area contributed by atoms with Crippen molar-refractivity contribution in [3.63, 3.8) is 0 Å². The number of aliphatic hydroxyl groups excluding tert-OH is 1. The Labute approximate surface area is 100 Å². The Morgan fingerprint density at radius 1 is 1.00 bits per heavy atom. The van der Waals surface area contributed by atoms with Crippen LogP contribution in [0.5, 0.6) is 0 Å². The number of benzene rings is 1. The molecule has 1 N–H and O–H groups in total. The number of hydrogen-bond donors (Lipinski definition) is 1. The molecule has 0 radical (unpaired) electrons. The molecule has 0 amide bonds. The zero-order valence-electron chi connectivity index (χ0n) is 9.83. The second kappa shape index (κ2) is 5.58. The number of rotatable bonds is 3. The monoisotopic (exact) mass is 240 g/mol. The van der Waals surface area contributed by atoms with E-state index in [0.717, 1.165) is 43.7 Å². The number of halogens is 2. The van der Waals surface area contributed by atoms with Crippen LogP contribution in [0.1, 0.15) is 43.6 Å². The molecule has 0 aliphatic heterocycles. The van der Waals surface area contributed by atoms with Crippen LogP contribution in [0, 0.1) is 17.6 Å². The fourth-order valence-electron chi connectivity index (χ4n) is 2.78. The molecule has 0 saturated heterocycles. The standard InChI is InChI=1S/C14H18F2O/c15-13-7-12(8-14(16)9-13)11-3-1-10(2-4-11)5-6-17/h7-11,17H,1-6H2. The van der Waals surface area contributed by atoms with Crippen LogP contribution in [0.25, 0.3) is 0 Å². The lowest BCUT2D eigenvalue weighted by Gasteiger charge is -2.28. The molecule has 2 rings (SSSR count). The topological polar surface area (TPSA) is 20.2 Å². The summed E-state index contributed by atoms with van der Waals surface area (Å²) in [7, 11) is 0. The fraction of sp³-hybridized carbons (Fsp3) is 0.571. The molecular weight excluding hydrogens is 222 g/mol. The van der Waals surface area contributed by atoms with Crippen LogP contribution in [-0.2, 0) is 0 Å². The summed E-state index contributed by atoms with van der Waals surface area (Å²) < 4.78 is 26.2. The van der Waals surface area contributed by atoms with E-state index in [0.29, 0.717) is 5.92 Å². The van der Waals surface area contributed by atoms with Gasteiger partial charge in [0.15, 0.2) is 0 Å². The molecule has 0 aromatic heterocycles. The maximum atomic E-state index is 13.1. The highest BCUT2D eigenvalue weighted by Gasteiger charge is 2.22. The molecule has 1 nitrogen and oxygen atoms in total. The second-order valence-corrected chi connectivity index (χ2v) is 4.93. The average molecular weight is 240 g/mol. The van der Waals surface area contributed by atoms with Gasteiger partial charge in [-0.05, 0) is 61.6 Å². The summed E-state index contributed by atoms with van der Waals surface area (Å²) in [5, 5.41) is 8.88. The summed E-state index contributed by atoms with van der Waals surface area (Å²) in [5.41, 5.74) is 0.782. The van der Waals surface area contributed by atoms with Gasteiger partial charge in [0.1, 0.15) is 11.6 Å². The van der Waals surface area contributed by atoms with Crippen molar-refractivity contribution >= 4 is 0 Å². The van der Waals surface area contributed by atoms with E-state index >= 15 is 0 Å². The predicted octanol–water partition coefficient (Wildman–Crippen LogP) is 3.62. The molecule has 0 spiro atoms. The highest BCUT2D eigenvalue weighted by molar-refractivity contribution is 5.22. The van der Waals surface area contributed by atoms with Gasteiger partial charge in [0.05, 0.1) is 0 Å². The van der Waals surface area contributed by atoms with E-state index in [4.69, 9.17) is 5.11 Å². The van der Waals surface area contributed by atoms with Gasteiger partial charge in [0.2, 0.25) is 0 Å². The minimum Gasteiger partial charge on any atom is -0.396 e. The molecule has 0 atom stereocenters. The van der Waals surface area contributed by atoms with E-state index in [1.54, 1.807) is 0 Å². The smallest absolute Gasteiger partial charge is 0.126 e. The summed E-state index contributed by atoms with van der Waals surface area (Å²) in [6.45, 7) is 0.240. The van der Waals surface area contributed by atoms with Crippen molar-refractivity contribution in [2.24, 2.45) is 5.92 Å². The molecule has 1 aromatic rings. The molecule has 17 heavy (non-hydrogen) atoms. The molecule has 0 heterocycles. The van der Waals surface area contributed by atoms with Crippen molar-refractivity contribution < 1.29 is 13.9 Å². The van der Waals surface area contributed by atoms with Gasteiger partial charge in [-0.2, -0.15) is 0 Å². The summed E-state index contributed by atoms with van der Waals surface area (Å²) in [6.07, 6.45) is 4.87. The van der Waals surface area contributed by atoms with Crippen molar-refractivity contribution in [1.29, 1.82) is 0 Å². The first-order valence-electron chi connectivity index (χ1n) is 6.26.